The van der Waals surface area contributed by atoms with E-state index >= 15 is 0 Å². The van der Waals surface area contributed by atoms with Crippen LogP contribution in [0, 0.1) is 0 Å². The molecule has 1 rings (SSSR count). The van der Waals surface area contributed by atoms with Crippen LogP contribution in [0.25, 0.3) is 0 Å². The van der Waals surface area contributed by atoms with E-state index in [2.05, 4.69) is 19.1 Å². The topological polar surface area (TPSA) is 26.3 Å². The fraction of sp³-hybridized carbons (Fsp3) is 0.308. The van der Waals surface area contributed by atoms with Crippen molar-refractivity contribution >= 4 is 25.4 Å². The van der Waals surface area contributed by atoms with Crippen molar-refractivity contribution in [3.8, 4) is 0 Å². The second-order valence-electron chi connectivity index (χ2n) is 3.25. The summed E-state index contributed by atoms with van der Waals surface area (Å²) in [5.74, 6) is -0.252. The van der Waals surface area contributed by atoms with Crippen molar-refractivity contribution in [2.75, 3.05) is 6.61 Å². The van der Waals surface area contributed by atoms with Crippen molar-refractivity contribution in [3.05, 3.63) is 42.5 Å². The van der Waals surface area contributed by atoms with Crippen molar-refractivity contribution < 1.29 is 9.53 Å². The van der Waals surface area contributed by atoms with Gasteiger partial charge in [-0.05, 0) is 0 Å². The number of esters is 1. The average molecular weight is 283 g/mol. The van der Waals surface area contributed by atoms with Gasteiger partial charge in [-0.15, -0.1) is 0 Å². The molecule has 2 nitrogen and oxygen atoms in total. The molecule has 86 valence electrons. The third kappa shape index (κ3) is 5.15. The molecule has 0 aromatic heterocycles. The summed E-state index contributed by atoms with van der Waals surface area (Å²) in [4.78, 5) is 11.5. The van der Waals surface area contributed by atoms with Gasteiger partial charge in [0.05, 0.1) is 0 Å². The van der Waals surface area contributed by atoms with Gasteiger partial charge in [0.15, 0.2) is 0 Å². The number of allylic oxidation sites excluding steroid dienone is 1. The van der Waals surface area contributed by atoms with Crippen LogP contribution in [0.3, 0.4) is 0 Å². The molecule has 0 heterocycles. The van der Waals surface area contributed by atoms with Crippen molar-refractivity contribution in [1.29, 1.82) is 0 Å². The Labute approximate surface area is 103 Å². The molecule has 0 amide bonds. The first-order valence-corrected chi connectivity index (χ1v) is 7.13. The second-order valence-corrected chi connectivity index (χ2v) is 6.29. The van der Waals surface area contributed by atoms with Gasteiger partial charge in [0.25, 0.3) is 0 Å². The van der Waals surface area contributed by atoms with Gasteiger partial charge in [-0.2, -0.15) is 0 Å². The van der Waals surface area contributed by atoms with Crippen LogP contribution in [-0.4, -0.2) is 27.5 Å². The molecule has 0 radical (unpaired) electrons. The van der Waals surface area contributed by atoms with E-state index in [4.69, 9.17) is 4.74 Å². The molecular formula is C13H16O2Se. The molecule has 1 unspecified atom stereocenters. The molecule has 16 heavy (non-hydrogen) atoms. The second kappa shape index (κ2) is 7.26. The Bertz CT molecular complexity index is 346. The van der Waals surface area contributed by atoms with Crippen LogP contribution in [0.5, 0.6) is 0 Å². The van der Waals surface area contributed by atoms with E-state index in [1.165, 1.54) is 10.5 Å². The first-order valence-electron chi connectivity index (χ1n) is 5.29. The summed E-state index contributed by atoms with van der Waals surface area (Å²) in [5.41, 5.74) is 0. The van der Waals surface area contributed by atoms with Crippen LogP contribution in [0.4, 0.5) is 0 Å². The molecule has 1 aromatic carbocycles. The van der Waals surface area contributed by atoms with E-state index in [1.54, 1.807) is 0 Å². The van der Waals surface area contributed by atoms with Crippen molar-refractivity contribution in [1.82, 2.24) is 0 Å². The first-order chi connectivity index (χ1) is 7.72. The monoisotopic (exact) mass is 284 g/mol. The maximum absolute atomic E-state index is 11.1. The Morgan fingerprint density at radius 1 is 1.44 bits per heavy atom. The quantitative estimate of drug-likeness (QED) is 0.469. The molecule has 0 N–H and O–H groups in total. The van der Waals surface area contributed by atoms with E-state index in [0.29, 0.717) is 26.4 Å². The summed E-state index contributed by atoms with van der Waals surface area (Å²) in [6.07, 6.45) is 3.45. The molecule has 0 aliphatic carbocycles. The fourth-order valence-corrected chi connectivity index (χ4v) is 3.05. The van der Waals surface area contributed by atoms with E-state index < -0.39 is 0 Å². The van der Waals surface area contributed by atoms with Crippen LogP contribution in [0.1, 0.15) is 13.8 Å². The number of ether oxygens (including phenoxy) is 1. The van der Waals surface area contributed by atoms with Crippen LogP contribution < -0.4 is 4.46 Å². The van der Waals surface area contributed by atoms with Crippen molar-refractivity contribution in [2.24, 2.45) is 0 Å². The SMILES string of the molecule is CCOC(=O)/C=C/C(C)[Se]c1ccccc1. The molecule has 3 heteroatoms. The van der Waals surface area contributed by atoms with Crippen molar-refractivity contribution in [2.45, 2.75) is 18.7 Å². The summed E-state index contributed by atoms with van der Waals surface area (Å²) in [5, 5.41) is 0. The van der Waals surface area contributed by atoms with Crippen molar-refractivity contribution in [3.63, 3.8) is 0 Å². The fourth-order valence-electron chi connectivity index (χ4n) is 1.16. The van der Waals surface area contributed by atoms with Gasteiger partial charge in [0.1, 0.15) is 0 Å². The van der Waals surface area contributed by atoms with Crippen LogP contribution >= 0.6 is 0 Å². The van der Waals surface area contributed by atoms with Gasteiger partial charge in [-0.3, -0.25) is 0 Å². The molecule has 1 aromatic rings. The van der Waals surface area contributed by atoms with Crippen LogP contribution in [-0.2, 0) is 9.53 Å². The van der Waals surface area contributed by atoms with E-state index in [0.717, 1.165) is 0 Å². The average Bonchev–Trinajstić information content (AvgIpc) is 2.28. The number of carbonyl (C=O) groups is 1. The zero-order valence-electron chi connectivity index (χ0n) is 9.55. The summed E-state index contributed by atoms with van der Waals surface area (Å²) in [6, 6.07) is 10.3. The number of carbonyl (C=O) groups excluding carboxylic acids is 1. The maximum atomic E-state index is 11.1. The normalized spacial score (nSPS) is 12.6. The summed E-state index contributed by atoms with van der Waals surface area (Å²) in [6.45, 7) is 4.35. The minimum absolute atomic E-state index is 0.252. The Morgan fingerprint density at radius 3 is 2.75 bits per heavy atom. The molecule has 0 saturated heterocycles. The van der Waals surface area contributed by atoms with E-state index in [-0.39, 0.29) is 5.97 Å². The van der Waals surface area contributed by atoms with Gasteiger partial charge < -0.3 is 0 Å². The molecule has 0 bridgehead atoms. The molecule has 0 saturated carbocycles. The summed E-state index contributed by atoms with van der Waals surface area (Å²) < 4.78 is 6.17. The number of hydrogen-bond acceptors (Lipinski definition) is 2. The van der Waals surface area contributed by atoms with Gasteiger partial charge in [0.2, 0.25) is 0 Å². The number of rotatable bonds is 5. The standard InChI is InChI=1S/C13H16O2Se/c1-3-15-13(14)10-9-11(2)16-12-7-5-4-6-8-12/h4-11H,3H2,1-2H3/b10-9+. The van der Waals surface area contributed by atoms with Crippen LogP contribution in [0.15, 0.2) is 42.5 Å². The van der Waals surface area contributed by atoms with E-state index in [1.807, 2.05) is 31.2 Å². The molecular weight excluding hydrogens is 267 g/mol. The van der Waals surface area contributed by atoms with Gasteiger partial charge in [0, 0.05) is 0 Å². The number of benzene rings is 1. The first kappa shape index (κ1) is 13.0. The van der Waals surface area contributed by atoms with Gasteiger partial charge in [-0.1, -0.05) is 0 Å². The molecule has 0 spiro atoms. The molecule has 0 fully saturated rings. The molecule has 0 aliphatic heterocycles. The summed E-state index contributed by atoms with van der Waals surface area (Å²) in [7, 11) is 0. The molecule has 1 atom stereocenters. The van der Waals surface area contributed by atoms with Gasteiger partial charge in [-0.25, -0.2) is 0 Å². The Morgan fingerprint density at radius 2 is 2.12 bits per heavy atom. The Kier molecular flexibility index (Phi) is 5.91. The predicted octanol–water partition coefficient (Wildman–Crippen LogP) is 1.94. The third-order valence-electron chi connectivity index (χ3n) is 1.86. The third-order valence-corrected chi connectivity index (χ3v) is 4.11. The zero-order valence-corrected chi connectivity index (χ0v) is 11.3. The van der Waals surface area contributed by atoms with E-state index in [9.17, 15) is 4.79 Å². The van der Waals surface area contributed by atoms with Gasteiger partial charge >= 0.3 is 103 Å². The Balaban J connectivity index is 2.41. The number of hydrogen-bond donors (Lipinski definition) is 0. The Hall–Kier alpha value is -1.05. The summed E-state index contributed by atoms with van der Waals surface area (Å²) >= 11 is 0.365. The minimum atomic E-state index is -0.252. The molecule has 0 aliphatic rings. The predicted molar refractivity (Wildman–Crippen MR) is 67.0 cm³/mol. The zero-order chi connectivity index (χ0) is 11.8. The van der Waals surface area contributed by atoms with Crippen LogP contribution in [0.2, 0.25) is 4.82 Å².